The Bertz CT molecular complexity index is 1050. The van der Waals surface area contributed by atoms with Crippen molar-refractivity contribution in [2.75, 3.05) is 32.8 Å². The van der Waals surface area contributed by atoms with Gasteiger partial charge in [0.1, 0.15) is 17.1 Å². The van der Waals surface area contributed by atoms with Crippen LogP contribution in [0.1, 0.15) is 46.8 Å². The van der Waals surface area contributed by atoms with Crippen LogP contribution in [-0.2, 0) is 22.6 Å². The molecule has 1 saturated heterocycles. The maximum Gasteiger partial charge on any atom is 0.275 e. The number of hydrogen-bond acceptors (Lipinski definition) is 5. The lowest BCUT2D eigenvalue weighted by atomic mass is 9.93. The molecule has 3 heterocycles. The van der Waals surface area contributed by atoms with Crippen molar-refractivity contribution in [3.63, 3.8) is 0 Å². The zero-order valence-electron chi connectivity index (χ0n) is 18.8. The summed E-state index contributed by atoms with van der Waals surface area (Å²) in [7, 11) is 0. The molecule has 0 bridgehead atoms. The summed E-state index contributed by atoms with van der Waals surface area (Å²) in [6.45, 7) is 6.17. The Morgan fingerprint density at radius 1 is 1.21 bits per heavy atom. The number of nitrogens with zero attached hydrogens (tertiary/aromatic N) is 4. The van der Waals surface area contributed by atoms with Crippen LogP contribution in [0.25, 0.3) is 0 Å². The van der Waals surface area contributed by atoms with Gasteiger partial charge in [0.05, 0.1) is 26.1 Å². The molecular formula is C23H28FN5O4. The van der Waals surface area contributed by atoms with Gasteiger partial charge in [-0.05, 0) is 31.0 Å². The number of fused-ring (bicyclic) bond motifs is 1. The standard InChI is InChI=1S/C23H28FN5O4/c1-3-8-29-21(31)19-18(20(30)27-9-11-33-12-10-27)26-15-28(19)14-23(29,2)22(32)25-13-16-4-6-17(24)7-5-16/h4-7,15H,3,8-14H2,1-2H3,(H,25,32)/t23-/m1/s1. The van der Waals surface area contributed by atoms with Gasteiger partial charge < -0.3 is 24.4 Å². The third-order valence-corrected chi connectivity index (χ3v) is 6.16. The molecule has 1 aromatic carbocycles. The molecule has 2 aliphatic heterocycles. The van der Waals surface area contributed by atoms with Crippen molar-refractivity contribution in [2.24, 2.45) is 0 Å². The predicted octanol–water partition coefficient (Wildman–Crippen LogP) is 1.44. The van der Waals surface area contributed by atoms with Gasteiger partial charge in [-0.1, -0.05) is 19.1 Å². The summed E-state index contributed by atoms with van der Waals surface area (Å²) in [4.78, 5) is 47.3. The fourth-order valence-corrected chi connectivity index (χ4v) is 4.31. The van der Waals surface area contributed by atoms with E-state index in [-0.39, 0.29) is 42.1 Å². The number of carbonyl (C=O) groups excluding carboxylic acids is 3. The monoisotopic (exact) mass is 457 g/mol. The number of aromatic nitrogens is 2. The molecule has 1 atom stereocenters. The molecule has 1 N–H and O–H groups in total. The van der Waals surface area contributed by atoms with Gasteiger partial charge in [0.25, 0.3) is 11.8 Å². The first kappa shape index (κ1) is 22.9. The zero-order valence-corrected chi connectivity index (χ0v) is 18.8. The van der Waals surface area contributed by atoms with Gasteiger partial charge in [0.15, 0.2) is 5.69 Å². The second-order valence-corrected chi connectivity index (χ2v) is 8.51. The molecule has 2 aromatic rings. The SMILES string of the molecule is CCCN1C(=O)c2c(C(=O)N3CCOCC3)ncn2C[C@]1(C)C(=O)NCc1ccc(F)cc1. The molecule has 176 valence electrons. The molecule has 0 unspecified atom stereocenters. The number of rotatable bonds is 6. The van der Waals surface area contributed by atoms with Crippen molar-refractivity contribution in [3.8, 4) is 0 Å². The lowest BCUT2D eigenvalue weighted by molar-refractivity contribution is -0.133. The average Bonchev–Trinajstić information content (AvgIpc) is 3.24. The van der Waals surface area contributed by atoms with Crippen molar-refractivity contribution in [2.45, 2.75) is 38.9 Å². The van der Waals surface area contributed by atoms with Crippen molar-refractivity contribution in [3.05, 3.63) is 53.4 Å². The maximum absolute atomic E-state index is 13.6. The van der Waals surface area contributed by atoms with Gasteiger partial charge in [-0.15, -0.1) is 0 Å². The Hall–Kier alpha value is -3.27. The summed E-state index contributed by atoms with van der Waals surface area (Å²) in [5.74, 6) is -1.37. The highest BCUT2D eigenvalue weighted by atomic mass is 19.1. The first-order valence-corrected chi connectivity index (χ1v) is 11.1. The number of hydrogen-bond donors (Lipinski definition) is 1. The third-order valence-electron chi connectivity index (χ3n) is 6.16. The van der Waals surface area contributed by atoms with Crippen LogP contribution in [0.4, 0.5) is 4.39 Å². The third kappa shape index (κ3) is 4.35. The quantitative estimate of drug-likeness (QED) is 0.708. The second-order valence-electron chi connectivity index (χ2n) is 8.51. The first-order valence-electron chi connectivity index (χ1n) is 11.1. The van der Waals surface area contributed by atoms with Gasteiger partial charge in [-0.25, -0.2) is 9.37 Å². The molecule has 10 heteroatoms. The van der Waals surface area contributed by atoms with Gasteiger partial charge in [-0.2, -0.15) is 0 Å². The molecule has 1 aromatic heterocycles. The van der Waals surface area contributed by atoms with E-state index in [1.54, 1.807) is 28.5 Å². The van der Waals surface area contributed by atoms with Crippen molar-refractivity contribution in [1.29, 1.82) is 0 Å². The molecule has 2 aliphatic rings. The van der Waals surface area contributed by atoms with E-state index in [9.17, 15) is 18.8 Å². The number of ether oxygens (including phenoxy) is 1. The Labute approximate surface area is 191 Å². The van der Waals surface area contributed by atoms with Crippen LogP contribution in [0.5, 0.6) is 0 Å². The van der Waals surface area contributed by atoms with Crippen LogP contribution in [-0.4, -0.2) is 75.5 Å². The largest absolute Gasteiger partial charge is 0.378 e. The highest BCUT2D eigenvalue weighted by Gasteiger charge is 2.48. The van der Waals surface area contributed by atoms with E-state index < -0.39 is 11.4 Å². The number of carbonyl (C=O) groups is 3. The molecule has 0 aliphatic carbocycles. The Kier molecular flexibility index (Phi) is 6.46. The number of benzene rings is 1. The van der Waals surface area contributed by atoms with Crippen LogP contribution in [0.3, 0.4) is 0 Å². The molecular weight excluding hydrogens is 429 g/mol. The van der Waals surface area contributed by atoms with Crippen LogP contribution in [0.15, 0.2) is 30.6 Å². The van der Waals surface area contributed by atoms with E-state index >= 15 is 0 Å². The first-order chi connectivity index (χ1) is 15.8. The van der Waals surface area contributed by atoms with Gasteiger partial charge >= 0.3 is 0 Å². The van der Waals surface area contributed by atoms with E-state index in [4.69, 9.17) is 4.74 Å². The molecule has 3 amide bonds. The normalized spacial score (nSPS) is 20.5. The minimum Gasteiger partial charge on any atom is -0.378 e. The summed E-state index contributed by atoms with van der Waals surface area (Å²) >= 11 is 0. The van der Waals surface area contributed by atoms with E-state index in [1.807, 2.05) is 6.92 Å². The smallest absolute Gasteiger partial charge is 0.275 e. The van der Waals surface area contributed by atoms with E-state index in [1.165, 1.54) is 23.4 Å². The van der Waals surface area contributed by atoms with Crippen LogP contribution in [0, 0.1) is 5.82 Å². The topological polar surface area (TPSA) is 96.8 Å². The lowest BCUT2D eigenvalue weighted by Gasteiger charge is -2.43. The predicted molar refractivity (Wildman–Crippen MR) is 117 cm³/mol. The Morgan fingerprint density at radius 2 is 1.91 bits per heavy atom. The van der Waals surface area contributed by atoms with Gasteiger partial charge in [-0.3, -0.25) is 14.4 Å². The highest BCUT2D eigenvalue weighted by molar-refractivity contribution is 6.07. The van der Waals surface area contributed by atoms with Crippen LogP contribution >= 0.6 is 0 Å². The van der Waals surface area contributed by atoms with Crippen LogP contribution < -0.4 is 5.32 Å². The van der Waals surface area contributed by atoms with Crippen molar-refractivity contribution in [1.82, 2.24) is 24.7 Å². The van der Waals surface area contributed by atoms with Crippen molar-refractivity contribution >= 4 is 17.7 Å². The average molecular weight is 458 g/mol. The van der Waals surface area contributed by atoms with Gasteiger partial charge in [0, 0.05) is 26.2 Å². The number of morpholine rings is 1. The van der Waals surface area contributed by atoms with Crippen molar-refractivity contribution < 1.29 is 23.5 Å². The molecule has 4 rings (SSSR count). The van der Waals surface area contributed by atoms with E-state index in [0.29, 0.717) is 39.3 Å². The summed E-state index contributed by atoms with van der Waals surface area (Å²) in [6, 6.07) is 5.87. The Balaban J connectivity index is 1.58. The van der Waals surface area contributed by atoms with Crippen LogP contribution in [0.2, 0.25) is 0 Å². The molecule has 0 radical (unpaired) electrons. The number of halogens is 1. The summed E-state index contributed by atoms with van der Waals surface area (Å²) in [5.41, 5.74) is -0.0973. The summed E-state index contributed by atoms with van der Waals surface area (Å²) in [6.07, 6.45) is 2.10. The fourth-order valence-electron chi connectivity index (χ4n) is 4.31. The molecule has 1 fully saturated rings. The minimum atomic E-state index is -1.17. The number of imidazole rings is 1. The lowest BCUT2D eigenvalue weighted by Crippen LogP contribution is -2.64. The molecule has 33 heavy (non-hydrogen) atoms. The number of nitrogens with one attached hydrogen (secondary N) is 1. The zero-order chi connectivity index (χ0) is 23.6. The molecule has 0 spiro atoms. The Morgan fingerprint density at radius 3 is 2.58 bits per heavy atom. The minimum absolute atomic E-state index is 0.108. The maximum atomic E-state index is 13.6. The molecule has 0 saturated carbocycles. The highest BCUT2D eigenvalue weighted by Crippen LogP contribution is 2.29. The van der Waals surface area contributed by atoms with Gasteiger partial charge in [0.2, 0.25) is 5.91 Å². The summed E-state index contributed by atoms with van der Waals surface area (Å²) in [5, 5.41) is 2.87. The second kappa shape index (κ2) is 9.30. The summed E-state index contributed by atoms with van der Waals surface area (Å²) < 4.78 is 20.1. The number of amides is 3. The van der Waals surface area contributed by atoms with E-state index in [2.05, 4.69) is 10.3 Å². The molecule has 9 nitrogen and oxygen atoms in total. The fraction of sp³-hybridized carbons (Fsp3) is 0.478. The van der Waals surface area contributed by atoms with E-state index in [0.717, 1.165) is 5.56 Å².